The molecule has 4 rings (SSSR count). The zero-order valence-corrected chi connectivity index (χ0v) is 17.0. The lowest BCUT2D eigenvalue weighted by Crippen LogP contribution is -2.43. The summed E-state index contributed by atoms with van der Waals surface area (Å²) in [5.41, 5.74) is 1.48. The first-order valence-electron chi connectivity index (χ1n) is 9.89. The quantitative estimate of drug-likeness (QED) is 0.706. The molecule has 0 saturated carbocycles. The van der Waals surface area contributed by atoms with Gasteiger partial charge in [-0.2, -0.15) is 0 Å². The second-order valence-electron chi connectivity index (χ2n) is 7.20. The fourth-order valence-corrected chi connectivity index (χ4v) is 3.62. The number of hydrogen-bond acceptors (Lipinski definition) is 5. The SMILES string of the molecule is CC(=O)N1/C(=C/c2ccc(OCC(=O)N3CCOCC3)c(F)c2)C(=O)c2ccccc21. The first-order chi connectivity index (χ1) is 15.0. The van der Waals surface area contributed by atoms with Gasteiger partial charge >= 0.3 is 0 Å². The second kappa shape index (κ2) is 8.69. The fourth-order valence-electron chi connectivity index (χ4n) is 3.62. The van der Waals surface area contributed by atoms with Crippen LogP contribution < -0.4 is 9.64 Å². The van der Waals surface area contributed by atoms with Gasteiger partial charge in [0.2, 0.25) is 11.7 Å². The lowest BCUT2D eigenvalue weighted by Gasteiger charge is -2.26. The number of para-hydroxylation sites is 1. The van der Waals surface area contributed by atoms with Crippen LogP contribution in [0.4, 0.5) is 10.1 Å². The summed E-state index contributed by atoms with van der Waals surface area (Å²) in [5, 5.41) is 0. The Kier molecular flexibility index (Phi) is 5.81. The van der Waals surface area contributed by atoms with Crippen LogP contribution >= 0.6 is 0 Å². The number of hydrogen-bond donors (Lipinski definition) is 0. The molecular weight excluding hydrogens is 403 g/mol. The number of carbonyl (C=O) groups excluding carboxylic acids is 3. The van der Waals surface area contributed by atoms with Gasteiger partial charge in [-0.05, 0) is 35.9 Å². The number of benzene rings is 2. The maximum absolute atomic E-state index is 14.6. The van der Waals surface area contributed by atoms with Crippen molar-refractivity contribution in [1.82, 2.24) is 4.90 Å². The second-order valence-corrected chi connectivity index (χ2v) is 7.20. The van der Waals surface area contributed by atoms with E-state index in [1.165, 1.54) is 30.0 Å². The number of amides is 2. The van der Waals surface area contributed by atoms with Gasteiger partial charge in [-0.15, -0.1) is 0 Å². The van der Waals surface area contributed by atoms with Crippen molar-refractivity contribution in [3.63, 3.8) is 0 Å². The highest BCUT2D eigenvalue weighted by Gasteiger charge is 2.34. The van der Waals surface area contributed by atoms with E-state index in [9.17, 15) is 18.8 Å². The summed E-state index contributed by atoms with van der Waals surface area (Å²) in [4.78, 5) is 40.0. The van der Waals surface area contributed by atoms with Crippen molar-refractivity contribution in [2.24, 2.45) is 0 Å². The summed E-state index contributed by atoms with van der Waals surface area (Å²) in [6, 6.07) is 11.0. The summed E-state index contributed by atoms with van der Waals surface area (Å²) in [5.74, 6) is -1.58. The van der Waals surface area contributed by atoms with E-state index in [0.717, 1.165) is 0 Å². The highest BCUT2D eigenvalue weighted by atomic mass is 19.1. The van der Waals surface area contributed by atoms with Crippen LogP contribution in [0.25, 0.3) is 6.08 Å². The number of anilines is 1. The molecule has 8 heteroatoms. The van der Waals surface area contributed by atoms with E-state index in [2.05, 4.69) is 0 Å². The molecule has 2 aromatic rings. The Morgan fingerprint density at radius 3 is 2.61 bits per heavy atom. The largest absolute Gasteiger partial charge is 0.481 e. The average Bonchev–Trinajstić information content (AvgIpc) is 3.05. The zero-order chi connectivity index (χ0) is 22.0. The van der Waals surface area contributed by atoms with Crippen LogP contribution in [-0.2, 0) is 14.3 Å². The van der Waals surface area contributed by atoms with Gasteiger partial charge in [0.05, 0.1) is 24.6 Å². The molecule has 0 radical (unpaired) electrons. The van der Waals surface area contributed by atoms with E-state index in [1.54, 1.807) is 35.2 Å². The molecule has 2 aliphatic rings. The minimum absolute atomic E-state index is 0.0618. The lowest BCUT2D eigenvalue weighted by atomic mass is 10.1. The Morgan fingerprint density at radius 2 is 1.90 bits per heavy atom. The number of rotatable bonds is 4. The molecule has 160 valence electrons. The summed E-state index contributed by atoms with van der Waals surface area (Å²) in [6.07, 6.45) is 1.47. The Balaban J connectivity index is 1.51. The van der Waals surface area contributed by atoms with Crippen LogP contribution in [0.15, 0.2) is 48.2 Å². The molecule has 1 fully saturated rings. The van der Waals surface area contributed by atoms with Gasteiger partial charge in [0.1, 0.15) is 0 Å². The molecule has 0 aliphatic carbocycles. The van der Waals surface area contributed by atoms with Crippen molar-refractivity contribution in [2.45, 2.75) is 6.92 Å². The molecular formula is C23H21FN2O5. The van der Waals surface area contributed by atoms with Gasteiger partial charge in [0.15, 0.2) is 18.2 Å². The number of ketones is 1. The smallest absolute Gasteiger partial charge is 0.260 e. The van der Waals surface area contributed by atoms with Crippen LogP contribution in [0, 0.1) is 5.82 Å². The summed E-state index contributed by atoms with van der Waals surface area (Å²) >= 11 is 0. The van der Waals surface area contributed by atoms with Crippen LogP contribution in [-0.4, -0.2) is 55.4 Å². The molecule has 0 aromatic heterocycles. The Bertz CT molecular complexity index is 1080. The van der Waals surface area contributed by atoms with Crippen molar-refractivity contribution in [2.75, 3.05) is 37.8 Å². The number of carbonyl (C=O) groups is 3. The molecule has 31 heavy (non-hydrogen) atoms. The number of Topliss-reactive ketones (excluding diaryl/α,β-unsaturated/α-hetero) is 1. The fraction of sp³-hybridized carbons (Fsp3) is 0.261. The maximum Gasteiger partial charge on any atom is 0.260 e. The van der Waals surface area contributed by atoms with Gasteiger partial charge in [-0.25, -0.2) is 4.39 Å². The first-order valence-corrected chi connectivity index (χ1v) is 9.89. The highest BCUT2D eigenvalue weighted by molar-refractivity contribution is 6.26. The number of ether oxygens (including phenoxy) is 2. The first kappa shape index (κ1) is 20.7. The summed E-state index contributed by atoms with van der Waals surface area (Å²) in [6.45, 7) is 3.02. The van der Waals surface area contributed by atoms with Gasteiger partial charge < -0.3 is 14.4 Å². The topological polar surface area (TPSA) is 76.2 Å². The number of nitrogens with zero attached hydrogens (tertiary/aromatic N) is 2. The van der Waals surface area contributed by atoms with Crippen molar-refractivity contribution in [3.8, 4) is 5.75 Å². The predicted octanol–water partition coefficient (Wildman–Crippen LogP) is 2.65. The molecule has 0 spiro atoms. The Hall–Kier alpha value is -3.52. The standard InChI is InChI=1S/C23H21FN2O5/c1-15(27)26-19-5-3-2-4-17(19)23(29)20(26)13-16-6-7-21(18(24)12-16)31-14-22(28)25-8-10-30-11-9-25/h2-7,12-13H,8-11,14H2,1H3/b20-13+. The van der Waals surface area contributed by atoms with Crippen LogP contribution in [0.3, 0.4) is 0 Å². The molecule has 2 amide bonds. The van der Waals surface area contributed by atoms with Gasteiger partial charge in [-0.3, -0.25) is 19.3 Å². The van der Waals surface area contributed by atoms with E-state index in [-0.39, 0.29) is 35.7 Å². The highest BCUT2D eigenvalue weighted by Crippen LogP contribution is 2.35. The van der Waals surface area contributed by atoms with Crippen LogP contribution in [0.5, 0.6) is 5.75 Å². The van der Waals surface area contributed by atoms with Gasteiger partial charge in [0, 0.05) is 25.6 Å². The molecule has 2 aromatic carbocycles. The van der Waals surface area contributed by atoms with Crippen molar-refractivity contribution >= 4 is 29.4 Å². The molecule has 0 unspecified atom stereocenters. The Morgan fingerprint density at radius 1 is 1.16 bits per heavy atom. The third-order valence-electron chi connectivity index (χ3n) is 5.15. The van der Waals surface area contributed by atoms with Crippen molar-refractivity contribution in [3.05, 3.63) is 65.1 Å². The van der Waals surface area contributed by atoms with E-state index in [1.807, 2.05) is 0 Å². The van der Waals surface area contributed by atoms with Gasteiger partial charge in [0.25, 0.3) is 5.91 Å². The Labute approximate surface area is 178 Å². The zero-order valence-electron chi connectivity index (χ0n) is 17.0. The normalized spacial score (nSPS) is 17.1. The van der Waals surface area contributed by atoms with E-state index in [0.29, 0.717) is 43.1 Å². The third-order valence-corrected chi connectivity index (χ3v) is 5.15. The number of halogens is 1. The molecule has 2 heterocycles. The minimum Gasteiger partial charge on any atom is -0.481 e. The van der Waals surface area contributed by atoms with E-state index in [4.69, 9.17) is 9.47 Å². The molecule has 7 nitrogen and oxygen atoms in total. The molecule has 2 aliphatic heterocycles. The van der Waals surface area contributed by atoms with E-state index < -0.39 is 5.82 Å². The maximum atomic E-state index is 14.6. The van der Waals surface area contributed by atoms with Crippen LogP contribution in [0.2, 0.25) is 0 Å². The van der Waals surface area contributed by atoms with Crippen molar-refractivity contribution in [1.29, 1.82) is 0 Å². The number of morpholine rings is 1. The molecule has 0 bridgehead atoms. The van der Waals surface area contributed by atoms with Crippen molar-refractivity contribution < 1.29 is 28.2 Å². The summed E-state index contributed by atoms with van der Waals surface area (Å²) in [7, 11) is 0. The number of allylic oxidation sites excluding steroid dienone is 1. The lowest BCUT2D eigenvalue weighted by molar-refractivity contribution is -0.137. The van der Waals surface area contributed by atoms with Gasteiger partial charge in [-0.1, -0.05) is 18.2 Å². The number of fused-ring (bicyclic) bond motifs is 1. The monoisotopic (exact) mass is 424 g/mol. The summed E-state index contributed by atoms with van der Waals surface area (Å²) < 4.78 is 25.1. The molecule has 1 saturated heterocycles. The van der Waals surface area contributed by atoms with E-state index >= 15 is 0 Å². The van der Waals surface area contributed by atoms with Crippen LogP contribution in [0.1, 0.15) is 22.8 Å². The third kappa shape index (κ3) is 4.20. The molecule has 0 N–H and O–H groups in total. The predicted molar refractivity (Wildman–Crippen MR) is 111 cm³/mol. The molecule has 0 atom stereocenters. The average molecular weight is 424 g/mol. The minimum atomic E-state index is -0.665.